The Kier molecular flexibility index (Phi) is 9.08. The Morgan fingerprint density at radius 1 is 1.07 bits per heavy atom. The number of amides is 1. The highest BCUT2D eigenvalue weighted by Gasteiger charge is 2.21. The minimum Gasteiger partial charge on any atom is -0.484 e. The number of thiophene rings is 1. The Morgan fingerprint density at radius 2 is 1.84 bits per heavy atom. The smallest absolute Gasteiger partial charge is 0.262 e. The van der Waals surface area contributed by atoms with Crippen molar-refractivity contribution in [2.45, 2.75) is 19.4 Å². The van der Waals surface area contributed by atoms with E-state index in [2.05, 4.69) is 37.1 Å². The van der Waals surface area contributed by atoms with E-state index in [9.17, 15) is 4.79 Å². The molecule has 5 aromatic rings. The van der Waals surface area contributed by atoms with E-state index in [1.165, 1.54) is 11.3 Å². The Balaban J connectivity index is 1.13. The number of fused-ring (bicyclic) bond motifs is 1. The van der Waals surface area contributed by atoms with E-state index >= 15 is 0 Å². The van der Waals surface area contributed by atoms with Gasteiger partial charge in [0.05, 0.1) is 11.0 Å². The van der Waals surface area contributed by atoms with Crippen LogP contribution in [0.15, 0.2) is 67.3 Å². The second-order valence-corrected chi connectivity index (χ2v) is 12.4. The largest absolute Gasteiger partial charge is 0.484 e. The minimum absolute atomic E-state index is 0.336. The number of carbonyl (C=O) groups excluding carboxylic acids is 1. The number of piperazine rings is 1. The number of aromatic nitrogens is 4. The van der Waals surface area contributed by atoms with Gasteiger partial charge in [0.25, 0.3) is 5.91 Å². The van der Waals surface area contributed by atoms with E-state index < -0.39 is 5.91 Å². The Morgan fingerprint density at radius 3 is 2.59 bits per heavy atom. The number of likely N-dealkylation sites (N-methyl/N-ethyl adjacent to an activating group) is 1. The third-order valence-corrected chi connectivity index (χ3v) is 9.33. The Bertz CT molecular complexity index is 1750. The van der Waals surface area contributed by atoms with Gasteiger partial charge in [-0.05, 0) is 50.7 Å². The van der Waals surface area contributed by atoms with Gasteiger partial charge in [0.15, 0.2) is 0 Å². The summed E-state index contributed by atoms with van der Waals surface area (Å²) in [5, 5.41) is 4.70. The first-order valence-corrected chi connectivity index (χ1v) is 15.8. The molecule has 2 aromatic carbocycles. The highest BCUT2D eigenvalue weighted by Crippen LogP contribution is 2.37. The number of primary amides is 1. The van der Waals surface area contributed by atoms with Crippen LogP contribution in [0, 0.1) is 0 Å². The van der Waals surface area contributed by atoms with Crippen molar-refractivity contribution in [2.24, 2.45) is 5.73 Å². The van der Waals surface area contributed by atoms with E-state index in [1.807, 2.05) is 72.4 Å². The number of imidazole rings is 1. The molecule has 0 saturated carbocycles. The number of halogens is 1. The predicted molar refractivity (Wildman–Crippen MR) is 176 cm³/mol. The van der Waals surface area contributed by atoms with E-state index in [-0.39, 0.29) is 6.10 Å². The molecule has 1 aliphatic heterocycles. The molecule has 44 heavy (non-hydrogen) atoms. The van der Waals surface area contributed by atoms with Gasteiger partial charge in [-0.15, -0.1) is 11.3 Å². The SMILES string of the molecule is C[C@@H](Oc1cc(-n2cnc3cc(-c4cnc(NCCCN5CCN(C)CC5)nc4)ccc32)sc1C(N)=O)c1ccccc1Cl. The monoisotopic (exact) mass is 630 g/mol. The van der Waals surface area contributed by atoms with Crippen molar-refractivity contribution in [3.05, 3.63) is 82.7 Å². The van der Waals surface area contributed by atoms with Crippen LogP contribution < -0.4 is 15.8 Å². The number of ether oxygens (including phenoxy) is 1. The van der Waals surface area contributed by atoms with Crippen molar-refractivity contribution in [3.63, 3.8) is 0 Å². The minimum atomic E-state index is -0.553. The van der Waals surface area contributed by atoms with Crippen molar-refractivity contribution in [2.75, 3.05) is 51.6 Å². The number of nitrogens with zero attached hydrogens (tertiary/aromatic N) is 6. The molecule has 10 nitrogen and oxygen atoms in total. The highest BCUT2D eigenvalue weighted by atomic mass is 35.5. The van der Waals surface area contributed by atoms with Crippen LogP contribution in [0.4, 0.5) is 5.95 Å². The molecular formula is C32H35ClN8O2S. The van der Waals surface area contributed by atoms with Gasteiger partial charge in [-0.1, -0.05) is 35.9 Å². The summed E-state index contributed by atoms with van der Waals surface area (Å²) >= 11 is 7.62. The summed E-state index contributed by atoms with van der Waals surface area (Å²) in [6.45, 7) is 8.33. The van der Waals surface area contributed by atoms with E-state index in [0.717, 1.165) is 78.4 Å². The van der Waals surface area contributed by atoms with Gasteiger partial charge in [0.1, 0.15) is 28.1 Å². The molecule has 228 valence electrons. The average Bonchev–Trinajstić information content (AvgIpc) is 3.64. The van der Waals surface area contributed by atoms with Crippen LogP contribution in [0.1, 0.15) is 34.7 Å². The number of anilines is 1. The lowest BCUT2D eigenvalue weighted by molar-refractivity contribution is 0.0998. The summed E-state index contributed by atoms with van der Waals surface area (Å²) in [4.78, 5) is 31.2. The highest BCUT2D eigenvalue weighted by molar-refractivity contribution is 7.16. The number of hydrogen-bond acceptors (Lipinski definition) is 9. The molecule has 4 heterocycles. The molecule has 1 saturated heterocycles. The lowest BCUT2D eigenvalue weighted by Crippen LogP contribution is -2.44. The predicted octanol–water partition coefficient (Wildman–Crippen LogP) is 5.49. The Hall–Kier alpha value is -4.03. The van der Waals surface area contributed by atoms with Crippen LogP contribution in [0.2, 0.25) is 5.02 Å². The molecule has 1 amide bonds. The lowest BCUT2D eigenvalue weighted by Gasteiger charge is -2.32. The van der Waals surface area contributed by atoms with Crippen molar-refractivity contribution in [3.8, 4) is 21.9 Å². The van der Waals surface area contributed by atoms with Crippen molar-refractivity contribution in [1.29, 1.82) is 0 Å². The summed E-state index contributed by atoms with van der Waals surface area (Å²) in [5.41, 5.74) is 10.1. The van der Waals surface area contributed by atoms with Crippen molar-refractivity contribution in [1.82, 2.24) is 29.3 Å². The summed E-state index contributed by atoms with van der Waals surface area (Å²) in [6.07, 6.45) is 6.06. The molecule has 6 rings (SSSR count). The van der Waals surface area contributed by atoms with Crippen molar-refractivity contribution < 1.29 is 9.53 Å². The van der Waals surface area contributed by atoms with Gasteiger partial charge in [0.2, 0.25) is 5.95 Å². The van der Waals surface area contributed by atoms with Gasteiger partial charge in [-0.3, -0.25) is 9.36 Å². The first kappa shape index (κ1) is 30.0. The van der Waals surface area contributed by atoms with Crippen LogP contribution in [-0.2, 0) is 0 Å². The summed E-state index contributed by atoms with van der Waals surface area (Å²) in [5.74, 6) is 0.484. The maximum absolute atomic E-state index is 12.3. The molecule has 3 N–H and O–H groups in total. The number of nitrogens with two attached hydrogens (primary N) is 1. The molecule has 1 aliphatic rings. The second kappa shape index (κ2) is 13.3. The van der Waals surface area contributed by atoms with Gasteiger partial charge >= 0.3 is 0 Å². The molecular weight excluding hydrogens is 596 g/mol. The lowest BCUT2D eigenvalue weighted by atomic mass is 10.1. The standard InChI is InChI=1S/C32H35ClN8O2S/c1-21(24-6-3-4-7-25(24)33)43-28-17-29(44-30(28)31(34)42)41-20-38-26-16-22(8-9-27(26)41)23-18-36-32(37-19-23)35-10-5-11-40-14-12-39(2)13-15-40/h3-4,6-9,16-21H,5,10-15H2,1-2H3,(H2,34,42)(H,35,36,37)/t21-/m1/s1. The van der Waals surface area contributed by atoms with Crippen LogP contribution in [0.25, 0.3) is 27.2 Å². The first-order valence-electron chi connectivity index (χ1n) is 14.6. The van der Waals surface area contributed by atoms with E-state index in [0.29, 0.717) is 21.6 Å². The third kappa shape index (κ3) is 6.71. The summed E-state index contributed by atoms with van der Waals surface area (Å²) in [6, 6.07) is 15.3. The van der Waals surface area contributed by atoms with Crippen LogP contribution in [-0.4, -0.2) is 81.5 Å². The normalized spacial score (nSPS) is 15.0. The van der Waals surface area contributed by atoms with Crippen LogP contribution in [0.5, 0.6) is 5.75 Å². The summed E-state index contributed by atoms with van der Waals surface area (Å²) < 4.78 is 8.11. The van der Waals surface area contributed by atoms with Gasteiger partial charge in [-0.25, -0.2) is 15.0 Å². The maximum Gasteiger partial charge on any atom is 0.262 e. The Labute approximate surface area is 265 Å². The van der Waals surface area contributed by atoms with Crippen LogP contribution in [0.3, 0.4) is 0 Å². The topological polar surface area (TPSA) is 114 Å². The molecule has 0 unspecified atom stereocenters. The maximum atomic E-state index is 12.3. The summed E-state index contributed by atoms with van der Waals surface area (Å²) in [7, 11) is 2.18. The molecule has 12 heteroatoms. The zero-order chi connectivity index (χ0) is 30.6. The first-order chi connectivity index (χ1) is 21.4. The number of benzene rings is 2. The molecule has 0 spiro atoms. The zero-order valence-corrected chi connectivity index (χ0v) is 26.3. The molecule has 0 bridgehead atoms. The number of carbonyl (C=O) groups is 1. The molecule has 3 aromatic heterocycles. The van der Waals surface area contributed by atoms with E-state index in [1.54, 1.807) is 6.33 Å². The van der Waals surface area contributed by atoms with E-state index in [4.69, 9.17) is 22.1 Å². The van der Waals surface area contributed by atoms with Gasteiger partial charge < -0.3 is 25.6 Å². The number of nitrogens with one attached hydrogen (secondary N) is 1. The number of hydrogen-bond donors (Lipinski definition) is 2. The molecule has 0 radical (unpaired) electrons. The third-order valence-electron chi connectivity index (χ3n) is 7.86. The zero-order valence-electron chi connectivity index (χ0n) is 24.7. The second-order valence-electron chi connectivity index (χ2n) is 11.0. The molecule has 0 aliphatic carbocycles. The molecule has 1 fully saturated rings. The van der Waals surface area contributed by atoms with Gasteiger partial charge in [0, 0.05) is 67.3 Å². The quantitative estimate of drug-likeness (QED) is 0.184. The van der Waals surface area contributed by atoms with Crippen molar-refractivity contribution >= 4 is 45.8 Å². The fourth-order valence-electron chi connectivity index (χ4n) is 5.31. The fraction of sp³-hybridized carbons (Fsp3) is 0.312. The number of rotatable bonds is 11. The van der Waals surface area contributed by atoms with Gasteiger partial charge in [-0.2, -0.15) is 0 Å². The average molecular weight is 631 g/mol. The van der Waals surface area contributed by atoms with Crippen LogP contribution >= 0.6 is 22.9 Å². The molecule has 1 atom stereocenters. The fourth-order valence-corrected chi connectivity index (χ4v) is 6.53.